The largest absolute Gasteiger partial charge is 0.450 e. The number of amides is 1. The molecule has 0 atom stereocenters. The van der Waals surface area contributed by atoms with Crippen LogP contribution in [0.1, 0.15) is 25.3 Å². The molecule has 0 saturated carbocycles. The Morgan fingerprint density at radius 3 is 2.03 bits per heavy atom. The van der Waals surface area contributed by atoms with Crippen LogP contribution in [0.5, 0.6) is 0 Å². The number of benzene rings is 2. The summed E-state index contributed by atoms with van der Waals surface area (Å²) < 4.78 is 34.5. The lowest BCUT2D eigenvalue weighted by Crippen LogP contribution is -2.56. The fraction of sp³-hybridized carbons (Fsp3) is 0.435. The van der Waals surface area contributed by atoms with Gasteiger partial charge in [-0.3, -0.25) is 4.55 Å². The number of hydrogen-bond donors (Lipinski definition) is 1. The van der Waals surface area contributed by atoms with Gasteiger partial charge in [0.25, 0.3) is 10.1 Å². The second kappa shape index (κ2) is 11.3. The number of carbonyl (C=O) groups is 1. The highest BCUT2D eigenvalue weighted by atomic mass is 32.2. The molecule has 0 unspecified atom stereocenters. The van der Waals surface area contributed by atoms with Crippen LogP contribution in [-0.2, 0) is 21.3 Å². The van der Waals surface area contributed by atoms with Crippen LogP contribution in [0.25, 0.3) is 0 Å². The van der Waals surface area contributed by atoms with Crippen molar-refractivity contribution in [3.8, 4) is 0 Å². The van der Waals surface area contributed by atoms with Crippen molar-refractivity contribution < 1.29 is 22.5 Å². The molecule has 0 aromatic heterocycles. The maximum absolute atomic E-state index is 12.2. The van der Waals surface area contributed by atoms with E-state index in [1.54, 1.807) is 18.2 Å². The van der Waals surface area contributed by atoms with Crippen molar-refractivity contribution in [2.45, 2.75) is 36.6 Å². The van der Waals surface area contributed by atoms with E-state index in [1.165, 1.54) is 17.7 Å². The molecule has 0 spiro atoms. The first-order valence-corrected chi connectivity index (χ1v) is 11.8. The Bertz CT molecular complexity index is 911. The molecular formula is C23H32N2O5S. The minimum atomic E-state index is -4.00. The maximum Gasteiger partial charge on any atom is 0.409 e. The summed E-state index contributed by atoms with van der Waals surface area (Å²) in [7, 11) is 0.0141. The van der Waals surface area contributed by atoms with E-state index in [0.717, 1.165) is 32.4 Å². The van der Waals surface area contributed by atoms with Crippen LogP contribution in [-0.4, -0.2) is 68.2 Å². The van der Waals surface area contributed by atoms with Crippen molar-refractivity contribution >= 4 is 16.2 Å². The highest BCUT2D eigenvalue weighted by Gasteiger charge is 2.40. The number of piperidine rings is 1. The zero-order valence-electron chi connectivity index (χ0n) is 18.4. The Hall–Kier alpha value is -2.42. The molecule has 3 rings (SSSR count). The summed E-state index contributed by atoms with van der Waals surface area (Å²) >= 11 is 0. The first kappa shape index (κ1) is 24.8. The summed E-state index contributed by atoms with van der Waals surface area (Å²) in [6.07, 6.45) is 2.64. The Morgan fingerprint density at radius 2 is 1.58 bits per heavy atom. The zero-order valence-corrected chi connectivity index (χ0v) is 19.2. The monoisotopic (exact) mass is 448 g/mol. The fourth-order valence-corrected chi connectivity index (χ4v) is 4.15. The normalized spacial score (nSPS) is 16.0. The van der Waals surface area contributed by atoms with Gasteiger partial charge in [0, 0.05) is 20.1 Å². The third-order valence-electron chi connectivity index (χ3n) is 5.59. The standard InChI is InChI=1S/C17H26N2O2.C6H6O3S/c1-4-21-16(20)19(3)17(10-12-18(2)13-11-17)14-15-8-6-5-7-9-15;7-10(8,9)6-4-2-1-3-5-6/h5-9H,4,10-14H2,1-3H3;1-5H,(H,7,8,9). The van der Waals surface area contributed by atoms with Gasteiger partial charge < -0.3 is 14.5 Å². The lowest BCUT2D eigenvalue weighted by atomic mass is 9.80. The molecule has 0 aliphatic carbocycles. The van der Waals surface area contributed by atoms with Gasteiger partial charge in [0.15, 0.2) is 0 Å². The number of rotatable bonds is 5. The molecule has 1 heterocycles. The molecule has 2 aromatic rings. The summed E-state index contributed by atoms with van der Waals surface area (Å²) in [4.78, 5) is 16.3. The summed E-state index contributed by atoms with van der Waals surface area (Å²) in [5.41, 5.74) is 1.14. The average molecular weight is 449 g/mol. The molecular weight excluding hydrogens is 416 g/mol. The van der Waals surface area contributed by atoms with Gasteiger partial charge in [-0.25, -0.2) is 4.79 Å². The van der Waals surface area contributed by atoms with Crippen LogP contribution in [0, 0.1) is 0 Å². The zero-order chi connectivity index (χ0) is 22.9. The number of likely N-dealkylation sites (N-methyl/N-ethyl adjacent to an activating group) is 1. The topological polar surface area (TPSA) is 87.2 Å². The first-order chi connectivity index (χ1) is 14.7. The SMILES string of the molecule is CCOC(=O)N(C)C1(Cc2ccccc2)CCN(C)CC1.O=S(=O)(O)c1ccccc1. The summed E-state index contributed by atoms with van der Waals surface area (Å²) in [5.74, 6) is 0. The Balaban J connectivity index is 0.000000285. The van der Waals surface area contributed by atoms with E-state index in [9.17, 15) is 13.2 Å². The quantitative estimate of drug-likeness (QED) is 0.702. The molecule has 2 aromatic carbocycles. The van der Waals surface area contributed by atoms with Crippen molar-refractivity contribution in [2.24, 2.45) is 0 Å². The van der Waals surface area contributed by atoms with Crippen LogP contribution < -0.4 is 0 Å². The highest BCUT2D eigenvalue weighted by Crippen LogP contribution is 2.32. The minimum Gasteiger partial charge on any atom is -0.450 e. The van der Waals surface area contributed by atoms with Crippen molar-refractivity contribution in [3.05, 3.63) is 66.2 Å². The molecule has 0 radical (unpaired) electrons. The highest BCUT2D eigenvalue weighted by molar-refractivity contribution is 7.85. The van der Waals surface area contributed by atoms with Crippen LogP contribution in [0.3, 0.4) is 0 Å². The van der Waals surface area contributed by atoms with Crippen molar-refractivity contribution in [1.82, 2.24) is 9.80 Å². The molecule has 1 aliphatic rings. The number of nitrogens with zero attached hydrogens (tertiary/aromatic N) is 2. The fourth-order valence-electron chi connectivity index (χ4n) is 3.65. The molecule has 1 amide bonds. The predicted molar refractivity (Wildman–Crippen MR) is 121 cm³/mol. The third-order valence-corrected chi connectivity index (χ3v) is 6.46. The molecule has 8 heteroatoms. The molecule has 1 saturated heterocycles. The smallest absolute Gasteiger partial charge is 0.409 e. The summed E-state index contributed by atoms with van der Waals surface area (Å²) in [6, 6.07) is 17.8. The van der Waals surface area contributed by atoms with Crippen molar-refractivity contribution in [2.75, 3.05) is 33.8 Å². The van der Waals surface area contributed by atoms with E-state index in [4.69, 9.17) is 9.29 Å². The van der Waals surface area contributed by atoms with Crippen LogP contribution >= 0.6 is 0 Å². The van der Waals surface area contributed by atoms with Gasteiger partial charge in [0.05, 0.1) is 17.0 Å². The van der Waals surface area contributed by atoms with Crippen LogP contribution in [0.15, 0.2) is 65.6 Å². The van der Waals surface area contributed by atoms with Crippen LogP contribution in [0.2, 0.25) is 0 Å². The summed E-state index contributed by atoms with van der Waals surface area (Å²) in [5, 5.41) is 0. The van der Waals surface area contributed by atoms with Gasteiger partial charge in [-0.2, -0.15) is 8.42 Å². The van der Waals surface area contributed by atoms with Crippen molar-refractivity contribution in [1.29, 1.82) is 0 Å². The molecule has 170 valence electrons. The van der Waals surface area contributed by atoms with E-state index in [2.05, 4.69) is 36.2 Å². The van der Waals surface area contributed by atoms with Gasteiger partial charge >= 0.3 is 6.09 Å². The second-order valence-electron chi connectivity index (χ2n) is 7.74. The van der Waals surface area contributed by atoms with E-state index >= 15 is 0 Å². The van der Waals surface area contributed by atoms with Gasteiger partial charge in [-0.15, -0.1) is 0 Å². The Kier molecular flexibility index (Phi) is 9.03. The lowest BCUT2D eigenvalue weighted by Gasteiger charge is -2.46. The molecule has 1 aliphatic heterocycles. The number of carbonyl (C=O) groups excluding carboxylic acids is 1. The van der Waals surface area contributed by atoms with E-state index < -0.39 is 10.1 Å². The molecule has 7 nitrogen and oxygen atoms in total. The number of likely N-dealkylation sites (tertiary alicyclic amines) is 1. The second-order valence-corrected chi connectivity index (χ2v) is 9.16. The van der Waals surface area contributed by atoms with E-state index in [1.807, 2.05) is 24.9 Å². The molecule has 1 fully saturated rings. The Morgan fingerprint density at radius 1 is 1.06 bits per heavy atom. The van der Waals surface area contributed by atoms with Gasteiger partial charge in [0.1, 0.15) is 0 Å². The predicted octanol–water partition coefficient (Wildman–Crippen LogP) is 3.72. The average Bonchev–Trinajstić information content (AvgIpc) is 2.76. The minimum absolute atomic E-state index is 0.0741. The number of ether oxygens (including phenoxy) is 1. The Labute approximate surface area is 185 Å². The summed E-state index contributed by atoms with van der Waals surface area (Å²) in [6.45, 7) is 4.29. The first-order valence-electron chi connectivity index (χ1n) is 10.3. The maximum atomic E-state index is 12.2. The lowest BCUT2D eigenvalue weighted by molar-refractivity contribution is 0.0323. The van der Waals surface area contributed by atoms with Gasteiger partial charge in [0.2, 0.25) is 0 Å². The number of hydrogen-bond acceptors (Lipinski definition) is 5. The van der Waals surface area contributed by atoms with E-state index in [-0.39, 0.29) is 16.5 Å². The molecule has 31 heavy (non-hydrogen) atoms. The molecule has 1 N–H and O–H groups in total. The molecule has 0 bridgehead atoms. The van der Waals surface area contributed by atoms with Crippen LogP contribution in [0.4, 0.5) is 4.79 Å². The van der Waals surface area contributed by atoms with Gasteiger partial charge in [-0.1, -0.05) is 48.5 Å². The third kappa shape index (κ3) is 7.34. The van der Waals surface area contributed by atoms with Gasteiger partial charge in [-0.05, 0) is 50.9 Å². The van der Waals surface area contributed by atoms with E-state index in [0.29, 0.717) is 6.61 Å². The van der Waals surface area contributed by atoms with Crippen molar-refractivity contribution in [3.63, 3.8) is 0 Å².